The zero-order valence-electron chi connectivity index (χ0n) is 13.1. The highest BCUT2D eigenvalue weighted by molar-refractivity contribution is 14.1. The molecule has 0 aliphatic carbocycles. The Balaban J connectivity index is 2.14. The highest BCUT2D eigenvalue weighted by Crippen LogP contribution is 2.29. The molecular formula is C14H12FIN4O4S2. The van der Waals surface area contributed by atoms with Crippen LogP contribution < -0.4 is 10.5 Å². The van der Waals surface area contributed by atoms with Crippen molar-refractivity contribution in [2.45, 2.75) is 4.90 Å². The summed E-state index contributed by atoms with van der Waals surface area (Å²) in [6, 6.07) is 9.24. The van der Waals surface area contributed by atoms with E-state index >= 15 is 0 Å². The number of hydrogen-bond acceptors (Lipinski definition) is 6. The van der Waals surface area contributed by atoms with E-state index in [9.17, 15) is 17.0 Å². The number of nitrogens with one attached hydrogen (secondary N) is 1. The van der Waals surface area contributed by atoms with Gasteiger partial charge in [0.1, 0.15) is 10.7 Å². The van der Waals surface area contributed by atoms with Gasteiger partial charge in [0.05, 0.1) is 5.69 Å². The minimum atomic E-state index is -4.31. The van der Waals surface area contributed by atoms with Crippen LogP contribution >= 0.6 is 22.6 Å². The number of hydrogen-bond donors (Lipinski definition) is 2. The lowest BCUT2D eigenvalue weighted by atomic mass is 10.1. The first-order chi connectivity index (χ1) is 12.2. The van der Waals surface area contributed by atoms with Crippen molar-refractivity contribution in [3.63, 3.8) is 0 Å². The fraction of sp³-hybridized carbons (Fsp3) is 0.0714. The third-order valence-electron chi connectivity index (χ3n) is 3.45. The second kappa shape index (κ2) is 7.09. The van der Waals surface area contributed by atoms with Crippen LogP contribution in [0.3, 0.4) is 0 Å². The third kappa shape index (κ3) is 3.82. The Hall–Kier alpha value is -1.77. The Labute approximate surface area is 165 Å². The van der Waals surface area contributed by atoms with Crippen molar-refractivity contribution < 1.29 is 21.3 Å². The zero-order chi connectivity index (χ0) is 19.1. The summed E-state index contributed by atoms with van der Waals surface area (Å²) in [6.45, 7) is 0. The van der Waals surface area contributed by atoms with Gasteiger partial charge in [-0.15, -0.1) is 0 Å². The number of primary sulfonamides is 1. The average molecular weight is 510 g/mol. The van der Waals surface area contributed by atoms with E-state index in [4.69, 9.17) is 9.42 Å². The first-order valence-corrected chi connectivity index (χ1v) is 10.6. The topological polar surface area (TPSA) is 114 Å². The van der Waals surface area contributed by atoms with Crippen molar-refractivity contribution >= 4 is 61.1 Å². The van der Waals surface area contributed by atoms with E-state index in [0.29, 0.717) is 5.69 Å². The van der Waals surface area contributed by atoms with Crippen molar-refractivity contribution in [1.29, 1.82) is 0 Å². The molecule has 8 nitrogen and oxygen atoms in total. The molecule has 0 saturated heterocycles. The molecule has 1 aliphatic heterocycles. The summed E-state index contributed by atoms with van der Waals surface area (Å²) < 4.78 is 56.2. The molecule has 2 aromatic rings. The smallest absolute Gasteiger partial charge is 0.341 e. The number of nitrogens with zero attached hydrogens (tertiary/aromatic N) is 2. The van der Waals surface area contributed by atoms with Crippen molar-refractivity contribution in [2.24, 2.45) is 10.3 Å². The molecule has 0 fully saturated rings. The van der Waals surface area contributed by atoms with Gasteiger partial charge in [-0.3, -0.25) is 4.28 Å². The largest absolute Gasteiger partial charge is 0.355 e. The predicted octanol–water partition coefficient (Wildman–Crippen LogP) is 2.02. The van der Waals surface area contributed by atoms with E-state index in [1.807, 2.05) is 12.1 Å². The van der Waals surface area contributed by atoms with Gasteiger partial charge < -0.3 is 5.32 Å². The fourth-order valence-corrected chi connectivity index (χ4v) is 3.69. The van der Waals surface area contributed by atoms with E-state index in [1.165, 1.54) is 11.4 Å². The Morgan fingerprint density at radius 2 is 1.96 bits per heavy atom. The molecule has 0 saturated carbocycles. The van der Waals surface area contributed by atoms with Gasteiger partial charge in [0, 0.05) is 21.9 Å². The number of benzene rings is 2. The molecule has 1 unspecified atom stereocenters. The van der Waals surface area contributed by atoms with Crippen molar-refractivity contribution in [3.05, 3.63) is 51.3 Å². The molecule has 138 valence electrons. The molecular weight excluding hydrogens is 498 g/mol. The van der Waals surface area contributed by atoms with Crippen LogP contribution in [0.5, 0.6) is 0 Å². The standard InChI is InChI=1S/C14H12FIN4O4S2/c1-20-14(19-24-25(20)21)10-6-13(26(17,22)23)11(15)7-12(10)18-9-4-2-8(16)3-5-9/h2-7,18H,1H3,(H2,17,22,23). The second-order valence-electron chi connectivity index (χ2n) is 5.21. The van der Waals surface area contributed by atoms with Gasteiger partial charge in [-0.1, -0.05) is 0 Å². The first-order valence-electron chi connectivity index (χ1n) is 6.97. The van der Waals surface area contributed by atoms with Gasteiger partial charge in [-0.05, 0) is 64.1 Å². The Bertz CT molecular complexity index is 1030. The van der Waals surface area contributed by atoms with Gasteiger partial charge in [0.2, 0.25) is 10.0 Å². The maximum Gasteiger partial charge on any atom is 0.341 e. The molecule has 0 bridgehead atoms. The number of nitrogens with two attached hydrogens (primary N) is 1. The molecule has 0 spiro atoms. The van der Waals surface area contributed by atoms with E-state index in [1.54, 1.807) is 12.1 Å². The van der Waals surface area contributed by atoms with E-state index in [-0.39, 0.29) is 17.1 Å². The Morgan fingerprint density at radius 3 is 2.50 bits per heavy atom. The van der Waals surface area contributed by atoms with Crippen LogP contribution in [0.15, 0.2) is 46.4 Å². The predicted molar refractivity (Wildman–Crippen MR) is 104 cm³/mol. The van der Waals surface area contributed by atoms with E-state index in [0.717, 1.165) is 15.7 Å². The summed E-state index contributed by atoms with van der Waals surface area (Å²) in [5.74, 6) is -0.950. The third-order valence-corrected chi connectivity index (χ3v) is 5.92. The molecule has 12 heteroatoms. The van der Waals surface area contributed by atoms with Gasteiger partial charge in [0.15, 0.2) is 5.84 Å². The number of rotatable bonds is 4. The van der Waals surface area contributed by atoms with Crippen LogP contribution in [-0.2, 0) is 25.6 Å². The number of anilines is 2. The Kier molecular flexibility index (Phi) is 5.18. The van der Waals surface area contributed by atoms with Gasteiger partial charge >= 0.3 is 11.3 Å². The second-order valence-corrected chi connectivity index (χ2v) is 9.12. The zero-order valence-corrected chi connectivity index (χ0v) is 16.9. The minimum Gasteiger partial charge on any atom is -0.355 e. The fourth-order valence-electron chi connectivity index (χ4n) is 2.21. The van der Waals surface area contributed by atoms with Gasteiger partial charge in [-0.2, -0.15) is 4.21 Å². The quantitative estimate of drug-likeness (QED) is 0.612. The number of sulfonamides is 1. The van der Waals surface area contributed by atoms with Crippen LogP contribution in [0.25, 0.3) is 0 Å². The summed E-state index contributed by atoms with van der Waals surface area (Å²) >= 11 is 0.281. The normalized spacial score (nSPS) is 17.0. The monoisotopic (exact) mass is 510 g/mol. The summed E-state index contributed by atoms with van der Waals surface area (Å²) in [5.41, 5.74) is 1.02. The van der Waals surface area contributed by atoms with Crippen LogP contribution in [0, 0.1) is 9.39 Å². The highest BCUT2D eigenvalue weighted by Gasteiger charge is 2.29. The Morgan fingerprint density at radius 1 is 1.31 bits per heavy atom. The lowest BCUT2D eigenvalue weighted by Crippen LogP contribution is -2.25. The van der Waals surface area contributed by atoms with Crippen LogP contribution in [-0.4, -0.2) is 29.8 Å². The summed E-state index contributed by atoms with van der Waals surface area (Å²) in [6.07, 6.45) is 0. The molecule has 26 heavy (non-hydrogen) atoms. The molecule has 3 rings (SSSR count). The van der Waals surface area contributed by atoms with E-state index < -0.39 is 32.0 Å². The number of oxime groups is 1. The number of amidine groups is 1. The molecule has 1 aliphatic rings. The molecule has 2 aromatic carbocycles. The maximum absolute atomic E-state index is 14.3. The summed E-state index contributed by atoms with van der Waals surface area (Å²) in [4.78, 5) is -0.700. The lowest BCUT2D eigenvalue weighted by Gasteiger charge is -2.16. The van der Waals surface area contributed by atoms with Crippen LogP contribution in [0.4, 0.5) is 15.8 Å². The average Bonchev–Trinajstić information content (AvgIpc) is 2.88. The number of halogens is 2. The molecule has 1 heterocycles. The molecule has 0 amide bonds. The highest BCUT2D eigenvalue weighted by atomic mass is 127. The summed E-state index contributed by atoms with van der Waals surface area (Å²) in [5, 5.41) is 11.7. The van der Waals surface area contributed by atoms with Crippen LogP contribution in [0.2, 0.25) is 0 Å². The maximum atomic E-state index is 14.3. The van der Waals surface area contributed by atoms with Gasteiger partial charge in [0.25, 0.3) is 0 Å². The SMILES string of the molecule is CN1C(c2cc(S(N)(=O)=O)c(F)cc2Nc2ccc(I)cc2)=NOS1=O. The molecule has 1 atom stereocenters. The van der Waals surface area contributed by atoms with Crippen molar-refractivity contribution in [2.75, 3.05) is 12.4 Å². The van der Waals surface area contributed by atoms with Crippen molar-refractivity contribution in [3.8, 4) is 0 Å². The summed E-state index contributed by atoms with van der Waals surface area (Å²) in [7, 11) is -2.86. The van der Waals surface area contributed by atoms with Gasteiger partial charge in [-0.25, -0.2) is 22.3 Å². The van der Waals surface area contributed by atoms with Crippen LogP contribution in [0.1, 0.15) is 5.56 Å². The first kappa shape index (κ1) is 19.0. The molecule has 3 N–H and O–H groups in total. The minimum absolute atomic E-state index is 0.0706. The molecule has 0 aromatic heterocycles. The molecule has 0 radical (unpaired) electrons. The lowest BCUT2D eigenvalue weighted by molar-refractivity contribution is 0.380. The van der Waals surface area contributed by atoms with E-state index in [2.05, 4.69) is 33.1 Å². The van der Waals surface area contributed by atoms with Crippen molar-refractivity contribution in [1.82, 2.24) is 4.31 Å².